The summed E-state index contributed by atoms with van der Waals surface area (Å²) in [6.45, 7) is 0. The van der Waals surface area contributed by atoms with Gasteiger partial charge in [0.15, 0.2) is 14.9 Å². The molecule has 0 fully saturated rings. The van der Waals surface area contributed by atoms with E-state index < -0.39 is 0 Å². The van der Waals surface area contributed by atoms with Crippen LogP contribution in [0.5, 0.6) is 0 Å². The van der Waals surface area contributed by atoms with Gasteiger partial charge in [-0.2, -0.15) is 10.5 Å². The van der Waals surface area contributed by atoms with Gasteiger partial charge in [-0.25, -0.2) is 0 Å². The lowest BCUT2D eigenvalue weighted by molar-refractivity contribution is -0.906. The zero-order chi connectivity index (χ0) is 4.99. The maximum absolute atomic E-state index is 7.47. The third-order valence-electron chi connectivity index (χ3n) is 0.128. The average Bonchev–Trinajstić information content (AvgIpc) is 1.65. The summed E-state index contributed by atoms with van der Waals surface area (Å²) in [6.07, 6.45) is 0. The first-order chi connectivity index (χ1) is 2.81. The van der Waals surface area contributed by atoms with Gasteiger partial charge >= 0.3 is 0 Å². The van der Waals surface area contributed by atoms with E-state index in [0.29, 0.717) is 0 Å². The second kappa shape index (κ2) is 2.97. The predicted octanol–water partition coefficient (Wildman–Crippen LogP) is -0.179. The van der Waals surface area contributed by atoms with E-state index in [-0.39, 0.29) is 4.82 Å². The normalized spacial score (nSPS) is 10.0. The minimum atomic E-state index is 0.0185. The van der Waals surface area contributed by atoms with Gasteiger partial charge in [-0.1, -0.05) is 0 Å². The van der Waals surface area contributed by atoms with E-state index in [1.165, 1.54) is 0 Å². The van der Waals surface area contributed by atoms with Crippen molar-refractivity contribution >= 4 is 0 Å². The van der Waals surface area contributed by atoms with Crippen molar-refractivity contribution in [3.8, 4) is 0 Å². The fourth-order valence-corrected chi connectivity index (χ4v) is 0.0136. The van der Waals surface area contributed by atoms with E-state index >= 15 is 0 Å². The number of hydrogen-bond acceptors (Lipinski definition) is 5. The number of rotatable bonds is 2. The van der Waals surface area contributed by atoms with Crippen LogP contribution < -0.4 is 0 Å². The standard InChI is InChI=1S/H2O6/c1-4-6(3)5-2/h3H,(H-,1,2)/p+1. The highest BCUT2D eigenvalue weighted by Gasteiger charge is 2.06. The lowest BCUT2D eigenvalue weighted by Gasteiger charge is -1.82. The SMILES string of the molecule is OO[O+](O)OO. The fraction of sp³-hybridized carbons (Fsp3) is 0. The van der Waals surface area contributed by atoms with E-state index in [9.17, 15) is 0 Å². The molecule has 6 heteroatoms. The molecule has 0 saturated heterocycles. The quantitative estimate of drug-likeness (QED) is 0.254. The van der Waals surface area contributed by atoms with Crippen molar-refractivity contribution in [2.24, 2.45) is 0 Å². The molecule has 6 heavy (non-hydrogen) atoms. The Balaban J connectivity index is 2.75. The molecule has 0 spiro atoms. The summed E-state index contributed by atoms with van der Waals surface area (Å²) < 4.78 is 0. The van der Waals surface area contributed by atoms with Crippen LogP contribution in [0.15, 0.2) is 0 Å². The summed E-state index contributed by atoms with van der Waals surface area (Å²) in [7, 11) is 0. The highest BCUT2D eigenvalue weighted by atomic mass is 17.9. The van der Waals surface area contributed by atoms with Gasteiger partial charge in [-0.05, 0) is 5.26 Å². The molecular formula is H3O6+. The van der Waals surface area contributed by atoms with E-state index in [2.05, 4.69) is 10.1 Å². The lowest BCUT2D eigenvalue weighted by Crippen LogP contribution is -2.05. The van der Waals surface area contributed by atoms with Gasteiger partial charge in [-0.15, -0.1) is 0 Å². The Bertz CT molecular complexity index is 19.2. The van der Waals surface area contributed by atoms with Crippen LogP contribution in [0.2, 0.25) is 0 Å². The van der Waals surface area contributed by atoms with Crippen LogP contribution in [-0.4, -0.2) is 15.8 Å². The first kappa shape index (κ1) is 5.76. The van der Waals surface area contributed by atoms with Gasteiger partial charge in [0, 0.05) is 0 Å². The Hall–Kier alpha value is -0.240. The molecule has 0 aromatic rings. The maximum atomic E-state index is 7.47. The molecule has 0 amide bonds. The van der Waals surface area contributed by atoms with Gasteiger partial charge in [0.1, 0.15) is 0 Å². The fourth-order valence-electron chi connectivity index (χ4n) is 0.0136. The van der Waals surface area contributed by atoms with Gasteiger partial charge in [-0.3, -0.25) is 0 Å². The predicted molar refractivity (Wildman–Crippen MR) is 11.1 cm³/mol. The second-order valence-electron chi connectivity index (χ2n) is 0.366. The average molecular weight is 99.0 g/mol. The Morgan fingerprint density at radius 1 is 1.17 bits per heavy atom. The Morgan fingerprint density at radius 2 is 1.50 bits per heavy atom. The monoisotopic (exact) mass is 99.0 g/mol. The summed E-state index contributed by atoms with van der Waals surface area (Å²) in [5, 5.41) is 27.3. The topological polar surface area (TPSA) is 81.9 Å². The molecule has 0 atom stereocenters. The van der Waals surface area contributed by atoms with Crippen LogP contribution in [-0.2, 0) is 14.9 Å². The number of hydrogen-bond donors (Lipinski definition) is 3. The second-order valence-corrected chi connectivity index (χ2v) is 0.366. The zero-order valence-electron chi connectivity index (χ0n) is 2.57. The summed E-state index contributed by atoms with van der Waals surface area (Å²) >= 11 is 0. The Morgan fingerprint density at radius 3 is 1.50 bits per heavy atom. The van der Waals surface area contributed by atoms with Crippen LogP contribution in [0, 0.1) is 0 Å². The molecule has 38 valence electrons. The molecule has 0 aliphatic rings. The largest absolute Gasteiger partial charge is 0.195 e. The van der Waals surface area contributed by atoms with Crippen molar-refractivity contribution in [1.82, 2.24) is 0 Å². The van der Waals surface area contributed by atoms with Crippen molar-refractivity contribution in [2.45, 2.75) is 0 Å². The Labute approximate surface area is 32.1 Å². The molecule has 0 aromatic carbocycles. The smallest absolute Gasteiger partial charge is 0.174 e. The van der Waals surface area contributed by atoms with Crippen molar-refractivity contribution < 1.29 is 30.7 Å². The lowest BCUT2D eigenvalue weighted by atomic mass is 14.1. The first-order valence-corrected chi connectivity index (χ1v) is 0.881. The third-order valence-corrected chi connectivity index (χ3v) is 0.128. The van der Waals surface area contributed by atoms with Gasteiger partial charge < -0.3 is 0 Å². The van der Waals surface area contributed by atoms with E-state index in [0.717, 1.165) is 0 Å². The molecule has 0 rings (SSSR count). The van der Waals surface area contributed by atoms with Crippen molar-refractivity contribution in [3.05, 3.63) is 0 Å². The highest BCUT2D eigenvalue weighted by Crippen LogP contribution is 1.82. The molecule has 3 N–H and O–H groups in total. The Kier molecular flexibility index (Phi) is 2.85. The molecular weight excluding hydrogens is 96.0 g/mol. The highest BCUT2D eigenvalue weighted by molar-refractivity contribution is 2.97. The van der Waals surface area contributed by atoms with E-state index in [1.54, 1.807) is 0 Å². The minimum absolute atomic E-state index is 0.0185. The first-order valence-electron chi connectivity index (χ1n) is 0.881. The van der Waals surface area contributed by atoms with Gasteiger partial charge in [0.2, 0.25) is 0 Å². The molecule has 0 aromatic heterocycles. The summed E-state index contributed by atoms with van der Waals surface area (Å²) in [6, 6.07) is 0. The van der Waals surface area contributed by atoms with Crippen LogP contribution >= 0.6 is 0 Å². The van der Waals surface area contributed by atoms with Crippen molar-refractivity contribution in [1.29, 1.82) is 0 Å². The van der Waals surface area contributed by atoms with Crippen molar-refractivity contribution in [2.75, 3.05) is 0 Å². The molecule has 0 aliphatic carbocycles. The van der Waals surface area contributed by atoms with Crippen LogP contribution in [0.3, 0.4) is 0 Å². The minimum Gasteiger partial charge on any atom is -0.174 e. The summed E-state index contributed by atoms with van der Waals surface area (Å²) in [5.41, 5.74) is 0. The molecule has 0 unspecified atom stereocenters. The molecule has 0 radical (unpaired) electrons. The van der Waals surface area contributed by atoms with Gasteiger partial charge in [0.05, 0.1) is 0 Å². The molecule has 0 heterocycles. The van der Waals surface area contributed by atoms with Crippen LogP contribution in [0.25, 0.3) is 0 Å². The van der Waals surface area contributed by atoms with E-state index in [4.69, 9.17) is 15.8 Å². The molecule has 0 aliphatic heterocycles. The molecule has 0 bridgehead atoms. The zero-order valence-corrected chi connectivity index (χ0v) is 2.57. The van der Waals surface area contributed by atoms with E-state index in [1.807, 2.05) is 0 Å². The van der Waals surface area contributed by atoms with Crippen LogP contribution in [0.4, 0.5) is 0 Å². The third kappa shape index (κ3) is 2.03. The van der Waals surface area contributed by atoms with Crippen molar-refractivity contribution in [3.63, 3.8) is 0 Å². The summed E-state index contributed by atoms with van der Waals surface area (Å²) in [4.78, 5) is 0.0185. The van der Waals surface area contributed by atoms with Gasteiger partial charge in [0.25, 0.3) is 0 Å². The van der Waals surface area contributed by atoms with Crippen LogP contribution in [0.1, 0.15) is 0 Å². The maximum Gasteiger partial charge on any atom is 0.195 e. The summed E-state index contributed by atoms with van der Waals surface area (Å²) in [5.74, 6) is 0. The molecule has 0 saturated carbocycles. The molecule has 6 nitrogen and oxygen atoms in total.